The number of nitrogens with one attached hydrogen (secondary N) is 1. The molecule has 0 bridgehead atoms. The minimum atomic E-state index is -3.65. The molecular weight excluding hydrogens is 194 g/mol. The molecule has 0 atom stereocenters. The Kier molecular flexibility index (Phi) is 2.64. The molecule has 1 aromatic rings. The van der Waals surface area contributed by atoms with Gasteiger partial charge in [-0.05, 0) is 6.92 Å². The van der Waals surface area contributed by atoms with E-state index in [-0.39, 0.29) is 6.54 Å². The van der Waals surface area contributed by atoms with Crippen molar-refractivity contribution in [1.82, 2.24) is 19.5 Å². The summed E-state index contributed by atoms with van der Waals surface area (Å²) in [7, 11) is -2.29. The normalized spacial score (nSPS) is 12.3. The van der Waals surface area contributed by atoms with Gasteiger partial charge in [-0.15, -0.1) is 0 Å². The molecule has 7 nitrogen and oxygen atoms in total. The summed E-state index contributed by atoms with van der Waals surface area (Å²) in [6.45, 7) is 1.80. The van der Waals surface area contributed by atoms with Crippen LogP contribution >= 0.6 is 0 Å². The summed E-state index contributed by atoms with van der Waals surface area (Å²) in [5.41, 5.74) is 0. The Morgan fingerprint density at radius 2 is 2.23 bits per heavy atom. The van der Waals surface area contributed by atoms with Crippen LogP contribution in [0.15, 0.2) is 0 Å². The van der Waals surface area contributed by atoms with Crippen LogP contribution in [0.5, 0.6) is 0 Å². The third kappa shape index (κ3) is 2.76. The zero-order valence-corrected chi connectivity index (χ0v) is 8.17. The fourth-order valence-corrected chi connectivity index (χ4v) is 1.04. The maximum atomic E-state index is 10.8. The maximum absolute atomic E-state index is 10.8. The van der Waals surface area contributed by atoms with E-state index in [0.717, 1.165) is 4.31 Å². The molecule has 0 radical (unpaired) electrons. The molecule has 8 heteroatoms. The molecule has 1 rings (SSSR count). The highest BCUT2D eigenvalue weighted by molar-refractivity contribution is 7.86. The van der Waals surface area contributed by atoms with E-state index in [1.807, 2.05) is 0 Å². The Labute approximate surface area is 76.1 Å². The van der Waals surface area contributed by atoms with Crippen molar-refractivity contribution < 1.29 is 8.42 Å². The van der Waals surface area contributed by atoms with Gasteiger partial charge in [-0.1, -0.05) is 0 Å². The van der Waals surface area contributed by atoms with Gasteiger partial charge in [0.15, 0.2) is 5.82 Å². The summed E-state index contributed by atoms with van der Waals surface area (Å²) < 4.78 is 22.5. The number of nitrogens with zero attached hydrogens (tertiary/aromatic N) is 3. The van der Waals surface area contributed by atoms with E-state index in [2.05, 4.69) is 15.2 Å². The van der Waals surface area contributed by atoms with E-state index in [1.165, 1.54) is 7.05 Å². The van der Waals surface area contributed by atoms with Crippen molar-refractivity contribution in [2.75, 3.05) is 7.05 Å². The molecule has 13 heavy (non-hydrogen) atoms. The van der Waals surface area contributed by atoms with Crippen molar-refractivity contribution in [2.24, 2.45) is 5.14 Å². The van der Waals surface area contributed by atoms with E-state index >= 15 is 0 Å². The number of aromatic amines is 1. The van der Waals surface area contributed by atoms with Crippen LogP contribution < -0.4 is 5.14 Å². The molecule has 74 valence electrons. The average molecular weight is 205 g/mol. The Morgan fingerprint density at radius 1 is 1.62 bits per heavy atom. The predicted molar refractivity (Wildman–Crippen MR) is 45.7 cm³/mol. The van der Waals surface area contributed by atoms with E-state index in [1.54, 1.807) is 6.92 Å². The minimum absolute atomic E-state index is 0.0726. The zero-order valence-electron chi connectivity index (χ0n) is 7.35. The number of aromatic nitrogens is 3. The van der Waals surface area contributed by atoms with Gasteiger partial charge >= 0.3 is 0 Å². The molecule has 0 spiro atoms. The largest absolute Gasteiger partial charge is 0.277 e. The molecule has 0 aliphatic heterocycles. The van der Waals surface area contributed by atoms with Crippen LogP contribution in [-0.2, 0) is 16.8 Å². The average Bonchev–Trinajstić information content (AvgIpc) is 2.33. The van der Waals surface area contributed by atoms with Crippen LogP contribution in [0.2, 0.25) is 0 Å². The first-order valence-corrected chi connectivity index (χ1v) is 5.02. The highest BCUT2D eigenvalue weighted by atomic mass is 32.2. The van der Waals surface area contributed by atoms with Gasteiger partial charge in [0.05, 0.1) is 6.54 Å². The topological polar surface area (TPSA) is 105 Å². The fraction of sp³-hybridized carbons (Fsp3) is 0.600. The van der Waals surface area contributed by atoms with Crippen molar-refractivity contribution in [1.29, 1.82) is 0 Å². The monoisotopic (exact) mass is 205 g/mol. The van der Waals surface area contributed by atoms with E-state index in [0.29, 0.717) is 11.6 Å². The third-order valence-electron chi connectivity index (χ3n) is 1.44. The molecule has 0 amide bonds. The van der Waals surface area contributed by atoms with Crippen LogP contribution in [0.4, 0.5) is 0 Å². The standard InChI is InChI=1S/C5H11N5O2S/c1-4-7-5(9-8-4)3-10(2)13(6,11)12/h3H2,1-2H3,(H2,6,11,12)(H,7,8,9). The summed E-state index contributed by atoms with van der Waals surface area (Å²) in [5.74, 6) is 1.03. The molecule has 1 heterocycles. The lowest BCUT2D eigenvalue weighted by molar-refractivity contribution is 0.458. The van der Waals surface area contributed by atoms with E-state index in [4.69, 9.17) is 5.14 Å². The smallest absolute Gasteiger partial charge is 0.263 e. The Morgan fingerprint density at radius 3 is 2.62 bits per heavy atom. The summed E-state index contributed by atoms with van der Waals surface area (Å²) >= 11 is 0. The molecular formula is C5H11N5O2S. The van der Waals surface area contributed by atoms with Gasteiger partial charge in [-0.2, -0.15) is 17.8 Å². The number of aryl methyl sites for hydroxylation is 1. The molecule has 3 N–H and O–H groups in total. The van der Waals surface area contributed by atoms with Gasteiger partial charge in [0.2, 0.25) is 0 Å². The van der Waals surface area contributed by atoms with Crippen LogP contribution in [0.1, 0.15) is 11.6 Å². The van der Waals surface area contributed by atoms with Crippen molar-refractivity contribution in [3.05, 3.63) is 11.6 Å². The van der Waals surface area contributed by atoms with Gasteiger partial charge in [0.1, 0.15) is 5.82 Å². The van der Waals surface area contributed by atoms with Gasteiger partial charge in [0.25, 0.3) is 10.2 Å². The lowest BCUT2D eigenvalue weighted by atomic mass is 10.6. The second-order valence-electron chi connectivity index (χ2n) is 2.64. The van der Waals surface area contributed by atoms with E-state index in [9.17, 15) is 8.42 Å². The Balaban J connectivity index is 2.71. The first-order chi connectivity index (χ1) is 5.89. The summed E-state index contributed by atoms with van der Waals surface area (Å²) in [4.78, 5) is 3.94. The second-order valence-corrected chi connectivity index (χ2v) is 4.29. The van der Waals surface area contributed by atoms with Crippen LogP contribution in [-0.4, -0.2) is 35.0 Å². The number of hydrogen-bond donors (Lipinski definition) is 2. The zero-order chi connectivity index (χ0) is 10.1. The molecule has 0 aliphatic rings. The highest BCUT2D eigenvalue weighted by Crippen LogP contribution is 1.98. The minimum Gasteiger partial charge on any atom is -0.263 e. The maximum Gasteiger partial charge on any atom is 0.277 e. The van der Waals surface area contributed by atoms with Gasteiger partial charge < -0.3 is 0 Å². The summed E-state index contributed by atoms with van der Waals surface area (Å²) in [6, 6.07) is 0. The molecule has 0 saturated carbocycles. The lowest BCUT2D eigenvalue weighted by Crippen LogP contribution is -2.33. The first-order valence-electron chi connectivity index (χ1n) is 3.51. The molecule has 0 unspecified atom stereocenters. The fourth-order valence-electron chi connectivity index (χ4n) is 0.749. The molecule has 0 aromatic carbocycles. The molecule has 0 aliphatic carbocycles. The van der Waals surface area contributed by atoms with Crippen molar-refractivity contribution in [3.63, 3.8) is 0 Å². The van der Waals surface area contributed by atoms with Crippen LogP contribution in [0, 0.1) is 6.92 Å². The summed E-state index contributed by atoms with van der Waals surface area (Å²) in [5, 5.41) is 11.2. The number of nitrogens with two attached hydrogens (primary N) is 1. The van der Waals surface area contributed by atoms with Crippen LogP contribution in [0.3, 0.4) is 0 Å². The Hall–Kier alpha value is -0.990. The Bertz CT molecular complexity index is 383. The van der Waals surface area contributed by atoms with Gasteiger partial charge in [-0.3, -0.25) is 5.10 Å². The summed E-state index contributed by atoms with van der Waals surface area (Å²) in [6.07, 6.45) is 0. The third-order valence-corrected chi connectivity index (χ3v) is 2.44. The van der Waals surface area contributed by atoms with Crippen molar-refractivity contribution >= 4 is 10.2 Å². The molecule has 0 saturated heterocycles. The highest BCUT2D eigenvalue weighted by Gasteiger charge is 2.13. The predicted octanol–water partition coefficient (Wildman–Crippen LogP) is -1.25. The van der Waals surface area contributed by atoms with Gasteiger partial charge in [-0.25, -0.2) is 10.1 Å². The first kappa shape index (κ1) is 10.1. The quantitative estimate of drug-likeness (QED) is 0.643. The number of rotatable bonds is 3. The van der Waals surface area contributed by atoms with E-state index < -0.39 is 10.2 Å². The molecule has 1 aromatic heterocycles. The van der Waals surface area contributed by atoms with Crippen molar-refractivity contribution in [2.45, 2.75) is 13.5 Å². The number of H-pyrrole nitrogens is 1. The van der Waals surface area contributed by atoms with Crippen molar-refractivity contribution in [3.8, 4) is 0 Å². The SMILES string of the molecule is Cc1nc(CN(C)S(N)(=O)=O)n[nH]1. The second kappa shape index (κ2) is 3.40. The van der Waals surface area contributed by atoms with Gasteiger partial charge in [0, 0.05) is 7.05 Å². The molecule has 0 fully saturated rings. The van der Waals surface area contributed by atoms with Crippen LogP contribution in [0.25, 0.3) is 0 Å². The number of hydrogen-bond acceptors (Lipinski definition) is 4. The lowest BCUT2D eigenvalue weighted by Gasteiger charge is -2.09.